The van der Waals surface area contributed by atoms with E-state index in [1.165, 1.54) is 14.2 Å². The Labute approximate surface area is 297 Å². The number of azide groups is 1. The van der Waals surface area contributed by atoms with E-state index in [1.54, 1.807) is 67.8 Å². The molecule has 50 heavy (non-hydrogen) atoms. The summed E-state index contributed by atoms with van der Waals surface area (Å²) in [5.41, 5.74) is 16.6. The van der Waals surface area contributed by atoms with Gasteiger partial charge in [-0.3, -0.25) is 10.2 Å². The van der Waals surface area contributed by atoms with Gasteiger partial charge in [-0.05, 0) is 41.4 Å². The molecule has 0 unspecified atom stereocenters. The van der Waals surface area contributed by atoms with Crippen LogP contribution in [0.15, 0.2) is 99.5 Å². The molecule has 5 rings (SSSR count). The highest BCUT2D eigenvalue weighted by molar-refractivity contribution is 9.10. The number of nitrogens with one attached hydrogen (secondary N) is 2. The third-order valence-corrected chi connectivity index (χ3v) is 8.88. The topological polar surface area (TPSA) is 169 Å². The molecule has 0 radical (unpaired) electrons. The van der Waals surface area contributed by atoms with Gasteiger partial charge in [-0.15, -0.1) is 0 Å². The molecule has 1 aliphatic heterocycles. The number of hydrazine groups is 1. The maximum Gasteiger partial charge on any atom is 0.266 e. The molecule has 0 spiro atoms. The molecule has 2 atom stereocenters. The van der Waals surface area contributed by atoms with Gasteiger partial charge in [-0.1, -0.05) is 63.5 Å². The van der Waals surface area contributed by atoms with E-state index in [0.29, 0.717) is 58.4 Å². The number of carbonyl (C=O) groups is 1. The molecule has 1 amide bonds. The molecule has 0 bridgehead atoms. The van der Waals surface area contributed by atoms with Crippen molar-refractivity contribution in [3.63, 3.8) is 0 Å². The van der Waals surface area contributed by atoms with E-state index in [4.69, 9.17) is 33.8 Å². The lowest BCUT2D eigenvalue weighted by atomic mass is 9.81. The van der Waals surface area contributed by atoms with Crippen molar-refractivity contribution in [2.75, 3.05) is 34.5 Å². The molecule has 4 aromatic rings. The van der Waals surface area contributed by atoms with Crippen LogP contribution in [0, 0.1) is 0 Å². The number of benzene rings is 4. The summed E-state index contributed by atoms with van der Waals surface area (Å²) in [5.74, 6) is 1.88. The molecular formula is C36H37BrN6O7. The van der Waals surface area contributed by atoms with Crippen molar-refractivity contribution in [2.24, 2.45) is 10.1 Å². The number of nitrogens with zero attached hydrogens (tertiary/aromatic N) is 4. The molecule has 13 nitrogen and oxygen atoms in total. The van der Waals surface area contributed by atoms with Gasteiger partial charge in [0.1, 0.15) is 23.0 Å². The molecule has 1 heterocycles. The molecular weight excluding hydrogens is 708 g/mol. The normalized spacial score (nSPS) is 16.4. The number of hydrogen-bond acceptors (Lipinski definition) is 10. The maximum atomic E-state index is 14.7. The summed E-state index contributed by atoms with van der Waals surface area (Å²) in [6.45, 7) is 0.517. The maximum absolute atomic E-state index is 14.7. The number of carbonyl (C=O) groups excluding carboxylic acids is 1. The van der Waals surface area contributed by atoms with Gasteiger partial charge in [-0.25, -0.2) is 10.4 Å². The second-order valence-corrected chi connectivity index (χ2v) is 12.0. The number of ether oxygens (including phenoxy) is 5. The second kappa shape index (κ2) is 16.9. The summed E-state index contributed by atoms with van der Waals surface area (Å²) in [4.78, 5) is 22.8. The first kappa shape index (κ1) is 36.0. The van der Waals surface area contributed by atoms with Crippen LogP contribution in [-0.4, -0.2) is 57.0 Å². The standard InChI is InChI=1S/C36H37BrN6O7/c1-46-26-19-31(47-2)28(32(20-26)48-3)22-39-42-35(45)36(21-24-9-4-6-11-29(24)37)33(27-10-5-7-12-30(27)41-43-38)50-34(40-36)23-13-15-25(16-14-23)49-18-8-17-44/h4-7,9-16,19-20,33,39,44H,8,17-18,21-22H2,1-3H3,(H,42,45)/t33-,36-/m0/s1. The highest BCUT2D eigenvalue weighted by Gasteiger charge is 2.54. The van der Waals surface area contributed by atoms with Gasteiger partial charge in [0, 0.05) is 64.3 Å². The van der Waals surface area contributed by atoms with E-state index < -0.39 is 17.6 Å². The summed E-state index contributed by atoms with van der Waals surface area (Å²) in [7, 11) is 4.62. The molecule has 0 aromatic heterocycles. The Morgan fingerprint density at radius 1 is 1.00 bits per heavy atom. The molecule has 0 saturated carbocycles. The SMILES string of the molecule is COc1cc(OC)c(CNNC(=O)[C@@]2(Cc3ccccc3Br)N=C(c3ccc(OCCCO)cc3)O[C@H]2c2ccccc2N=[N+]=[N-])c(OC)c1. The molecule has 4 aromatic carbocycles. The van der Waals surface area contributed by atoms with Crippen LogP contribution in [0.3, 0.4) is 0 Å². The van der Waals surface area contributed by atoms with Gasteiger partial charge in [-0.2, -0.15) is 0 Å². The van der Waals surface area contributed by atoms with Crippen molar-refractivity contribution >= 4 is 33.4 Å². The lowest BCUT2D eigenvalue weighted by Gasteiger charge is -2.31. The fourth-order valence-electron chi connectivity index (χ4n) is 5.61. The number of hydrogen-bond donors (Lipinski definition) is 3. The highest BCUT2D eigenvalue weighted by Crippen LogP contribution is 2.46. The minimum absolute atomic E-state index is 0.0269. The van der Waals surface area contributed by atoms with E-state index in [-0.39, 0.29) is 25.5 Å². The fourth-order valence-corrected chi connectivity index (χ4v) is 6.04. The average Bonchev–Trinajstić information content (AvgIpc) is 3.53. The third-order valence-electron chi connectivity index (χ3n) is 8.10. The first-order valence-corrected chi connectivity index (χ1v) is 16.5. The average molecular weight is 746 g/mol. The Bertz CT molecular complexity index is 1860. The summed E-state index contributed by atoms with van der Waals surface area (Å²) in [6, 6.07) is 25.1. The lowest BCUT2D eigenvalue weighted by Crippen LogP contribution is -2.53. The minimum Gasteiger partial charge on any atom is -0.496 e. The Morgan fingerprint density at radius 3 is 2.36 bits per heavy atom. The Morgan fingerprint density at radius 2 is 1.70 bits per heavy atom. The van der Waals surface area contributed by atoms with Crippen LogP contribution in [-0.2, 0) is 22.5 Å². The van der Waals surface area contributed by atoms with Gasteiger partial charge < -0.3 is 28.8 Å². The van der Waals surface area contributed by atoms with Gasteiger partial charge in [0.25, 0.3) is 5.91 Å². The van der Waals surface area contributed by atoms with Crippen LogP contribution in [0.5, 0.6) is 23.0 Å². The van der Waals surface area contributed by atoms with Gasteiger partial charge in [0.05, 0.1) is 33.5 Å². The lowest BCUT2D eigenvalue weighted by molar-refractivity contribution is -0.130. The Balaban J connectivity index is 1.58. The van der Waals surface area contributed by atoms with Gasteiger partial charge >= 0.3 is 0 Å². The zero-order chi connectivity index (χ0) is 35.5. The second-order valence-electron chi connectivity index (χ2n) is 11.1. The van der Waals surface area contributed by atoms with E-state index in [0.717, 1.165) is 10.0 Å². The highest BCUT2D eigenvalue weighted by atomic mass is 79.9. The van der Waals surface area contributed by atoms with Gasteiger partial charge in [0.15, 0.2) is 11.6 Å². The molecule has 260 valence electrons. The van der Waals surface area contributed by atoms with Crippen molar-refractivity contribution < 1.29 is 33.6 Å². The van der Waals surface area contributed by atoms with Crippen molar-refractivity contribution in [1.29, 1.82) is 0 Å². The summed E-state index contributed by atoms with van der Waals surface area (Å²) < 4.78 is 29.6. The zero-order valence-electron chi connectivity index (χ0n) is 27.8. The molecule has 0 aliphatic carbocycles. The van der Waals surface area contributed by atoms with E-state index in [2.05, 4.69) is 36.8 Å². The smallest absolute Gasteiger partial charge is 0.266 e. The Kier molecular flexibility index (Phi) is 12.2. The summed E-state index contributed by atoms with van der Waals surface area (Å²) >= 11 is 3.64. The minimum atomic E-state index is -1.60. The van der Waals surface area contributed by atoms with E-state index >= 15 is 0 Å². The van der Waals surface area contributed by atoms with Crippen molar-refractivity contribution in [3.8, 4) is 23.0 Å². The summed E-state index contributed by atoms with van der Waals surface area (Å²) in [5, 5.41) is 13.0. The first-order valence-electron chi connectivity index (χ1n) is 15.7. The van der Waals surface area contributed by atoms with Crippen LogP contribution in [0.2, 0.25) is 0 Å². The van der Waals surface area contributed by atoms with Crippen LogP contribution in [0.4, 0.5) is 5.69 Å². The van der Waals surface area contributed by atoms with Crippen LogP contribution < -0.4 is 29.8 Å². The first-order chi connectivity index (χ1) is 24.4. The quantitative estimate of drug-likeness (QED) is 0.0384. The number of methoxy groups -OCH3 is 3. The summed E-state index contributed by atoms with van der Waals surface area (Å²) in [6.07, 6.45) is -0.403. The predicted molar refractivity (Wildman–Crippen MR) is 191 cm³/mol. The molecule has 0 fully saturated rings. The van der Waals surface area contributed by atoms with Gasteiger partial charge in [0.2, 0.25) is 5.90 Å². The van der Waals surface area contributed by atoms with Crippen LogP contribution >= 0.6 is 15.9 Å². The third kappa shape index (κ3) is 7.95. The number of aliphatic imine (C=N–C) groups is 1. The van der Waals surface area contributed by atoms with E-state index in [1.807, 2.05) is 24.3 Å². The number of amides is 1. The molecule has 0 saturated heterocycles. The molecule has 14 heteroatoms. The monoisotopic (exact) mass is 744 g/mol. The Hall–Kier alpha value is -5.27. The predicted octanol–water partition coefficient (Wildman–Crippen LogP) is 6.50. The molecule has 3 N–H and O–H groups in total. The van der Waals surface area contributed by atoms with Crippen molar-refractivity contribution in [2.45, 2.75) is 31.0 Å². The fraction of sp³-hybridized carbons (Fsp3) is 0.278. The molecule has 1 aliphatic rings. The zero-order valence-corrected chi connectivity index (χ0v) is 29.3. The van der Waals surface area contributed by atoms with Crippen LogP contribution in [0.1, 0.15) is 34.8 Å². The van der Waals surface area contributed by atoms with E-state index in [9.17, 15) is 10.3 Å². The van der Waals surface area contributed by atoms with Crippen LogP contribution in [0.25, 0.3) is 10.4 Å². The van der Waals surface area contributed by atoms with Crippen molar-refractivity contribution in [3.05, 3.63) is 122 Å². The number of halogens is 1. The largest absolute Gasteiger partial charge is 0.496 e. The number of aliphatic hydroxyl groups excluding tert-OH is 1. The number of aliphatic hydroxyl groups is 1. The van der Waals surface area contributed by atoms with Crippen molar-refractivity contribution in [1.82, 2.24) is 10.9 Å². The number of rotatable bonds is 16.